The molecule has 0 spiro atoms. The molecule has 0 saturated carbocycles. The number of benzene rings is 2. The number of aryl methyl sites for hydroxylation is 2. The molecule has 0 heterocycles. The molecule has 0 aliphatic heterocycles. The Labute approximate surface area is 98.1 Å². The van der Waals surface area contributed by atoms with Crippen LogP contribution in [0.5, 0.6) is 5.75 Å². The van der Waals surface area contributed by atoms with E-state index in [1.165, 1.54) is 21.9 Å². The van der Waals surface area contributed by atoms with Crippen LogP contribution in [0, 0.1) is 13.8 Å². The van der Waals surface area contributed by atoms with Crippen LogP contribution in [-0.2, 0) is 0 Å². The van der Waals surface area contributed by atoms with Gasteiger partial charge in [-0.2, -0.15) is 0 Å². The topological polar surface area (TPSA) is 9.23 Å². The van der Waals surface area contributed by atoms with Crippen LogP contribution in [0.25, 0.3) is 10.8 Å². The molecule has 0 N–H and O–H groups in total. The van der Waals surface area contributed by atoms with E-state index in [1.54, 1.807) is 7.11 Å². The third kappa shape index (κ3) is 2.54. The maximum atomic E-state index is 5.20. The number of ether oxygens (including phenoxy) is 1. The van der Waals surface area contributed by atoms with Gasteiger partial charge < -0.3 is 4.74 Å². The van der Waals surface area contributed by atoms with Gasteiger partial charge in [0.15, 0.2) is 0 Å². The molecule has 0 bridgehead atoms. The smallest absolute Gasteiger partial charge is 0.119 e. The zero-order valence-electron chi connectivity index (χ0n) is 10.8. The molecule has 0 radical (unpaired) electrons. The van der Waals surface area contributed by atoms with E-state index in [0.717, 1.165) is 5.75 Å². The van der Waals surface area contributed by atoms with Crippen LogP contribution in [0.4, 0.5) is 0 Å². The van der Waals surface area contributed by atoms with E-state index >= 15 is 0 Å². The third-order valence-electron chi connectivity index (χ3n) is 2.51. The maximum absolute atomic E-state index is 5.20. The summed E-state index contributed by atoms with van der Waals surface area (Å²) in [6.07, 6.45) is 0. The van der Waals surface area contributed by atoms with Gasteiger partial charge in [-0.1, -0.05) is 37.6 Å². The van der Waals surface area contributed by atoms with Crippen LogP contribution in [0.2, 0.25) is 0 Å². The Morgan fingerprint density at radius 3 is 2.25 bits per heavy atom. The highest BCUT2D eigenvalue weighted by atomic mass is 16.5. The zero-order chi connectivity index (χ0) is 12.1. The molecule has 0 amide bonds. The highest BCUT2D eigenvalue weighted by Gasteiger charge is 2.00. The van der Waals surface area contributed by atoms with E-state index in [-0.39, 0.29) is 0 Å². The molecule has 0 saturated heterocycles. The molecule has 0 aliphatic carbocycles. The molecule has 16 heavy (non-hydrogen) atoms. The Bertz CT molecular complexity index is 472. The van der Waals surface area contributed by atoms with Gasteiger partial charge in [-0.3, -0.25) is 0 Å². The first-order chi connectivity index (χ1) is 7.70. The highest BCUT2D eigenvalue weighted by molar-refractivity contribution is 5.87. The van der Waals surface area contributed by atoms with Crippen molar-refractivity contribution in [3.8, 4) is 5.75 Å². The van der Waals surface area contributed by atoms with Crippen LogP contribution in [0.1, 0.15) is 25.0 Å². The van der Waals surface area contributed by atoms with Gasteiger partial charge in [-0.25, -0.2) is 0 Å². The lowest BCUT2D eigenvalue weighted by Gasteiger charge is -2.06. The van der Waals surface area contributed by atoms with Crippen molar-refractivity contribution in [2.45, 2.75) is 27.7 Å². The van der Waals surface area contributed by atoms with Gasteiger partial charge >= 0.3 is 0 Å². The molecule has 0 aliphatic rings. The van der Waals surface area contributed by atoms with E-state index in [9.17, 15) is 0 Å². The minimum absolute atomic E-state index is 0.919. The van der Waals surface area contributed by atoms with Crippen molar-refractivity contribution < 1.29 is 4.74 Å². The molecule has 2 aromatic rings. The number of rotatable bonds is 1. The van der Waals surface area contributed by atoms with Crippen LogP contribution in [0.15, 0.2) is 30.3 Å². The van der Waals surface area contributed by atoms with Gasteiger partial charge in [0, 0.05) is 0 Å². The van der Waals surface area contributed by atoms with E-state index < -0.39 is 0 Å². The predicted octanol–water partition coefficient (Wildman–Crippen LogP) is 4.49. The summed E-state index contributed by atoms with van der Waals surface area (Å²) in [6, 6.07) is 10.6. The van der Waals surface area contributed by atoms with Crippen molar-refractivity contribution in [3.05, 3.63) is 41.5 Å². The average Bonchev–Trinajstić information content (AvgIpc) is 2.30. The molecule has 0 fully saturated rings. The second-order valence-electron chi connectivity index (χ2n) is 3.67. The Balaban J connectivity index is 0.000000606. The molecule has 2 aromatic carbocycles. The fourth-order valence-electron chi connectivity index (χ4n) is 1.85. The third-order valence-corrected chi connectivity index (χ3v) is 2.51. The van der Waals surface area contributed by atoms with Gasteiger partial charge in [-0.05, 0) is 42.3 Å². The average molecular weight is 216 g/mol. The van der Waals surface area contributed by atoms with Gasteiger partial charge in [-0.15, -0.1) is 0 Å². The fourth-order valence-corrected chi connectivity index (χ4v) is 1.85. The van der Waals surface area contributed by atoms with Gasteiger partial charge in [0.05, 0.1) is 7.11 Å². The molecular formula is C15H20O. The molecule has 0 aromatic heterocycles. The molecule has 0 atom stereocenters. The second kappa shape index (κ2) is 5.55. The van der Waals surface area contributed by atoms with E-state index in [0.29, 0.717) is 0 Å². The number of hydrogen-bond acceptors (Lipinski definition) is 1. The zero-order valence-corrected chi connectivity index (χ0v) is 10.8. The lowest BCUT2D eigenvalue weighted by Crippen LogP contribution is -1.85. The summed E-state index contributed by atoms with van der Waals surface area (Å²) < 4.78 is 5.20. The fraction of sp³-hybridized carbons (Fsp3) is 0.333. The van der Waals surface area contributed by atoms with Crippen LogP contribution in [0.3, 0.4) is 0 Å². The summed E-state index contributed by atoms with van der Waals surface area (Å²) in [6.45, 7) is 8.26. The second-order valence-corrected chi connectivity index (χ2v) is 3.67. The molecule has 0 unspecified atom stereocenters. The van der Waals surface area contributed by atoms with E-state index in [1.807, 2.05) is 19.9 Å². The summed E-state index contributed by atoms with van der Waals surface area (Å²) in [5.41, 5.74) is 2.62. The summed E-state index contributed by atoms with van der Waals surface area (Å²) in [5.74, 6) is 0.919. The van der Waals surface area contributed by atoms with Gasteiger partial charge in [0.1, 0.15) is 5.75 Å². The monoisotopic (exact) mass is 216 g/mol. The minimum Gasteiger partial charge on any atom is -0.497 e. The molecule has 86 valence electrons. The Hall–Kier alpha value is -1.50. The first-order valence-electron chi connectivity index (χ1n) is 5.76. The van der Waals surface area contributed by atoms with Crippen LogP contribution < -0.4 is 4.74 Å². The summed E-state index contributed by atoms with van der Waals surface area (Å²) in [7, 11) is 1.70. The van der Waals surface area contributed by atoms with Crippen LogP contribution >= 0.6 is 0 Å². The Morgan fingerprint density at radius 1 is 0.938 bits per heavy atom. The van der Waals surface area contributed by atoms with Crippen LogP contribution in [-0.4, -0.2) is 7.11 Å². The summed E-state index contributed by atoms with van der Waals surface area (Å²) >= 11 is 0. The molecule has 1 nitrogen and oxygen atoms in total. The van der Waals surface area contributed by atoms with Crippen molar-refractivity contribution in [2.75, 3.05) is 7.11 Å². The Kier molecular flexibility index (Phi) is 4.36. The van der Waals surface area contributed by atoms with Crippen molar-refractivity contribution in [1.29, 1.82) is 0 Å². The molecule has 2 rings (SSSR count). The lowest BCUT2D eigenvalue weighted by molar-refractivity contribution is 0.415. The maximum Gasteiger partial charge on any atom is 0.119 e. The summed E-state index contributed by atoms with van der Waals surface area (Å²) in [5, 5.41) is 2.55. The van der Waals surface area contributed by atoms with Crippen molar-refractivity contribution in [3.63, 3.8) is 0 Å². The van der Waals surface area contributed by atoms with Crippen molar-refractivity contribution in [2.24, 2.45) is 0 Å². The van der Waals surface area contributed by atoms with E-state index in [2.05, 4.69) is 38.1 Å². The normalized spacial score (nSPS) is 9.56. The first kappa shape index (κ1) is 12.6. The predicted molar refractivity (Wildman–Crippen MR) is 71.3 cm³/mol. The molecular weight excluding hydrogens is 196 g/mol. The lowest BCUT2D eigenvalue weighted by atomic mass is 10.0. The van der Waals surface area contributed by atoms with Crippen molar-refractivity contribution >= 4 is 10.8 Å². The van der Waals surface area contributed by atoms with Gasteiger partial charge in [0.25, 0.3) is 0 Å². The minimum atomic E-state index is 0.919. The van der Waals surface area contributed by atoms with Crippen molar-refractivity contribution in [1.82, 2.24) is 0 Å². The largest absolute Gasteiger partial charge is 0.497 e. The number of hydrogen-bond donors (Lipinski definition) is 0. The van der Waals surface area contributed by atoms with E-state index in [4.69, 9.17) is 4.74 Å². The quantitative estimate of drug-likeness (QED) is 0.682. The van der Waals surface area contributed by atoms with Gasteiger partial charge in [0.2, 0.25) is 0 Å². The number of fused-ring (bicyclic) bond motifs is 1. The first-order valence-corrected chi connectivity index (χ1v) is 5.76. The summed E-state index contributed by atoms with van der Waals surface area (Å²) in [4.78, 5) is 0. The Morgan fingerprint density at radius 2 is 1.62 bits per heavy atom. The SMILES string of the molecule is CC.COc1ccc2c(C)cc(C)cc2c1. The number of methoxy groups -OCH3 is 1. The molecule has 1 heteroatoms. The standard InChI is InChI=1S/C13H14O.C2H6/c1-9-6-10(2)13-5-4-12(14-3)8-11(13)7-9;1-2/h4-8H,1-3H3;1-2H3. The highest BCUT2D eigenvalue weighted by Crippen LogP contribution is 2.24.